The van der Waals surface area contributed by atoms with E-state index in [2.05, 4.69) is 15.3 Å². The fourth-order valence-corrected chi connectivity index (χ4v) is 4.79. The molecule has 2 aromatic rings. The molecule has 0 bridgehead atoms. The Morgan fingerprint density at radius 3 is 2.62 bits per heavy atom. The normalized spacial score (nSPS) is 18.5. The van der Waals surface area contributed by atoms with Crippen molar-refractivity contribution in [2.24, 2.45) is 0 Å². The highest BCUT2D eigenvalue weighted by atomic mass is 35.5. The number of H-pyrrole nitrogens is 1. The second-order valence-electron chi connectivity index (χ2n) is 7.04. The lowest BCUT2D eigenvalue weighted by molar-refractivity contribution is 0.0519. The SMILES string of the molecule is CCOC(=O)c1sc(N2CC[C@H](NC(=O)c3[nH]c(C)c(Cl)c3Cl)[C@H](OC)C2)nc1C(=O)O. The number of nitrogens with zero attached hydrogens (tertiary/aromatic N) is 2. The van der Waals surface area contributed by atoms with Gasteiger partial charge in [0.05, 0.1) is 28.8 Å². The highest BCUT2D eigenvalue weighted by molar-refractivity contribution is 7.17. The van der Waals surface area contributed by atoms with E-state index in [-0.39, 0.29) is 33.9 Å². The molecule has 1 aliphatic heterocycles. The molecule has 1 amide bonds. The van der Waals surface area contributed by atoms with Gasteiger partial charge in [-0.25, -0.2) is 14.6 Å². The average Bonchev–Trinajstić information content (AvgIpc) is 3.32. The number of hydrogen-bond donors (Lipinski definition) is 3. The van der Waals surface area contributed by atoms with Gasteiger partial charge in [-0.2, -0.15) is 0 Å². The molecular formula is C19H22Cl2N4O6S. The largest absolute Gasteiger partial charge is 0.476 e. The number of hydrogen-bond acceptors (Lipinski definition) is 8. The number of carbonyl (C=O) groups excluding carboxylic acids is 2. The highest BCUT2D eigenvalue weighted by Crippen LogP contribution is 2.31. The molecule has 10 nitrogen and oxygen atoms in total. The zero-order valence-corrected chi connectivity index (χ0v) is 19.9. The summed E-state index contributed by atoms with van der Waals surface area (Å²) in [6.45, 7) is 4.26. The van der Waals surface area contributed by atoms with Gasteiger partial charge in [-0.15, -0.1) is 0 Å². The first-order valence-corrected chi connectivity index (χ1v) is 11.3. The van der Waals surface area contributed by atoms with Crippen molar-refractivity contribution in [3.05, 3.63) is 32.0 Å². The Kier molecular flexibility index (Phi) is 7.65. The summed E-state index contributed by atoms with van der Waals surface area (Å²) in [5.41, 5.74) is 0.424. The third-order valence-electron chi connectivity index (χ3n) is 5.01. The van der Waals surface area contributed by atoms with Crippen molar-refractivity contribution in [3.63, 3.8) is 0 Å². The summed E-state index contributed by atoms with van der Waals surface area (Å²) in [6, 6.07) is -0.328. The van der Waals surface area contributed by atoms with Crippen LogP contribution in [0, 0.1) is 6.92 Å². The molecule has 0 radical (unpaired) electrons. The minimum absolute atomic E-state index is 0.0626. The number of aromatic carboxylic acids is 1. The number of ether oxygens (including phenoxy) is 2. The zero-order chi connectivity index (χ0) is 23.6. The van der Waals surface area contributed by atoms with Crippen LogP contribution in [-0.2, 0) is 9.47 Å². The number of carboxylic acid groups (broad SMARTS) is 1. The molecular weight excluding hydrogens is 483 g/mol. The zero-order valence-electron chi connectivity index (χ0n) is 17.5. The lowest BCUT2D eigenvalue weighted by Gasteiger charge is -2.37. The molecule has 13 heteroatoms. The Morgan fingerprint density at radius 1 is 1.34 bits per heavy atom. The first-order chi connectivity index (χ1) is 15.2. The molecule has 0 saturated carbocycles. The molecule has 3 heterocycles. The van der Waals surface area contributed by atoms with Crippen LogP contribution in [0.4, 0.5) is 5.13 Å². The number of aryl methyl sites for hydroxylation is 1. The molecule has 0 aliphatic carbocycles. The van der Waals surface area contributed by atoms with Gasteiger partial charge in [0, 0.05) is 25.9 Å². The van der Waals surface area contributed by atoms with E-state index in [0.29, 0.717) is 35.4 Å². The van der Waals surface area contributed by atoms with E-state index in [4.69, 9.17) is 32.7 Å². The van der Waals surface area contributed by atoms with E-state index >= 15 is 0 Å². The van der Waals surface area contributed by atoms with Crippen molar-refractivity contribution in [2.45, 2.75) is 32.4 Å². The Morgan fingerprint density at radius 2 is 2.06 bits per heavy atom. The number of carboxylic acids is 1. The second-order valence-corrected chi connectivity index (χ2v) is 8.78. The third-order valence-corrected chi connectivity index (χ3v) is 7.05. The van der Waals surface area contributed by atoms with Gasteiger partial charge in [-0.05, 0) is 20.3 Å². The number of carbonyl (C=O) groups is 3. The van der Waals surface area contributed by atoms with Gasteiger partial charge >= 0.3 is 11.9 Å². The molecule has 0 aromatic carbocycles. The van der Waals surface area contributed by atoms with Crippen LogP contribution in [0.5, 0.6) is 0 Å². The quantitative estimate of drug-likeness (QED) is 0.489. The molecule has 2 aromatic heterocycles. The monoisotopic (exact) mass is 504 g/mol. The van der Waals surface area contributed by atoms with E-state index in [9.17, 15) is 19.5 Å². The molecule has 0 spiro atoms. The van der Waals surface area contributed by atoms with Gasteiger partial charge in [-0.1, -0.05) is 34.5 Å². The lowest BCUT2D eigenvalue weighted by atomic mass is 10.0. The number of nitrogens with one attached hydrogen (secondary N) is 2. The molecule has 3 rings (SSSR count). The van der Waals surface area contributed by atoms with Crippen molar-refractivity contribution >= 4 is 57.5 Å². The topological polar surface area (TPSA) is 134 Å². The fraction of sp³-hybridized carbons (Fsp3) is 0.474. The van der Waals surface area contributed by atoms with Crippen molar-refractivity contribution in [1.82, 2.24) is 15.3 Å². The number of amides is 1. The van der Waals surface area contributed by atoms with Crippen LogP contribution in [-0.4, -0.2) is 71.9 Å². The van der Waals surface area contributed by atoms with Crippen LogP contribution in [0.3, 0.4) is 0 Å². The highest BCUT2D eigenvalue weighted by Gasteiger charge is 2.34. The Bertz CT molecular complexity index is 1040. The second kappa shape index (κ2) is 10.1. The Hall–Kier alpha value is -2.34. The smallest absolute Gasteiger partial charge is 0.356 e. The van der Waals surface area contributed by atoms with Crippen LogP contribution < -0.4 is 10.2 Å². The number of piperidine rings is 1. The summed E-state index contributed by atoms with van der Waals surface area (Å²) >= 11 is 13.1. The number of aromatic nitrogens is 2. The van der Waals surface area contributed by atoms with Gasteiger partial charge in [0.2, 0.25) is 0 Å². The van der Waals surface area contributed by atoms with E-state index < -0.39 is 23.9 Å². The summed E-state index contributed by atoms with van der Waals surface area (Å²) in [7, 11) is 1.52. The average molecular weight is 505 g/mol. The molecule has 32 heavy (non-hydrogen) atoms. The molecule has 1 fully saturated rings. The Labute approximate surface area is 197 Å². The van der Waals surface area contributed by atoms with Gasteiger partial charge in [0.1, 0.15) is 10.6 Å². The minimum Gasteiger partial charge on any atom is -0.476 e. The molecule has 1 saturated heterocycles. The number of methoxy groups -OCH3 is 1. The lowest BCUT2D eigenvalue weighted by Crippen LogP contribution is -2.55. The van der Waals surface area contributed by atoms with Crippen LogP contribution in [0.15, 0.2) is 0 Å². The fourth-order valence-electron chi connectivity index (χ4n) is 3.39. The molecule has 0 unspecified atom stereocenters. The van der Waals surface area contributed by atoms with E-state index in [0.717, 1.165) is 11.3 Å². The summed E-state index contributed by atoms with van der Waals surface area (Å²) in [5.74, 6) is -2.44. The predicted molar refractivity (Wildman–Crippen MR) is 119 cm³/mol. The number of rotatable bonds is 7. The first kappa shape index (κ1) is 24.3. The summed E-state index contributed by atoms with van der Waals surface area (Å²) in [6.07, 6.45) is 0.0765. The standard InChI is InChI=1S/C19H22Cl2N4O6S/c1-4-31-18(29)15-14(17(27)28)24-19(32-15)25-6-5-9(10(7-25)30-3)23-16(26)13-12(21)11(20)8(2)22-13/h9-10,22H,4-7H2,1-3H3,(H,23,26)(H,27,28)/t9-,10+/m0/s1. The van der Waals surface area contributed by atoms with Gasteiger partial charge < -0.3 is 29.8 Å². The molecule has 3 N–H and O–H groups in total. The maximum absolute atomic E-state index is 12.7. The number of esters is 1. The number of anilines is 1. The van der Waals surface area contributed by atoms with E-state index in [1.165, 1.54) is 7.11 Å². The van der Waals surface area contributed by atoms with E-state index in [1.807, 2.05) is 4.90 Å². The number of thiazole rings is 1. The maximum atomic E-state index is 12.7. The predicted octanol–water partition coefficient (Wildman–Crippen LogP) is 2.99. The summed E-state index contributed by atoms with van der Waals surface area (Å²) < 4.78 is 10.5. The van der Waals surface area contributed by atoms with Crippen LogP contribution in [0.2, 0.25) is 10.0 Å². The Balaban J connectivity index is 1.75. The van der Waals surface area contributed by atoms with Crippen molar-refractivity contribution in [2.75, 3.05) is 31.7 Å². The minimum atomic E-state index is -1.31. The van der Waals surface area contributed by atoms with Crippen LogP contribution in [0.1, 0.15) is 49.7 Å². The van der Waals surface area contributed by atoms with Gasteiger partial charge in [0.25, 0.3) is 5.91 Å². The first-order valence-electron chi connectivity index (χ1n) is 9.71. The third kappa shape index (κ3) is 4.85. The van der Waals surface area contributed by atoms with Gasteiger partial charge in [0.15, 0.2) is 10.8 Å². The van der Waals surface area contributed by atoms with Crippen molar-refractivity contribution in [3.8, 4) is 0 Å². The van der Waals surface area contributed by atoms with E-state index in [1.54, 1.807) is 13.8 Å². The van der Waals surface area contributed by atoms with Crippen molar-refractivity contribution < 1.29 is 29.0 Å². The van der Waals surface area contributed by atoms with Crippen LogP contribution >= 0.6 is 34.5 Å². The molecule has 174 valence electrons. The van der Waals surface area contributed by atoms with Crippen LogP contribution in [0.25, 0.3) is 0 Å². The number of aromatic amines is 1. The molecule has 1 aliphatic rings. The molecule has 2 atom stereocenters. The summed E-state index contributed by atoms with van der Waals surface area (Å²) in [5, 5.41) is 13.1. The van der Waals surface area contributed by atoms with Gasteiger partial charge in [-0.3, -0.25) is 4.79 Å². The summed E-state index contributed by atoms with van der Waals surface area (Å²) in [4.78, 5) is 45.1. The number of halogens is 2. The maximum Gasteiger partial charge on any atom is 0.356 e. The van der Waals surface area contributed by atoms with Crippen molar-refractivity contribution in [1.29, 1.82) is 0 Å².